The van der Waals surface area contributed by atoms with E-state index in [4.69, 9.17) is 4.74 Å². The Hall–Kier alpha value is -1.88. The molecule has 122 valence electrons. The van der Waals surface area contributed by atoms with Crippen molar-refractivity contribution in [3.05, 3.63) is 35.9 Å². The van der Waals surface area contributed by atoms with E-state index in [9.17, 15) is 14.7 Å². The van der Waals surface area contributed by atoms with Crippen molar-refractivity contribution in [2.75, 3.05) is 6.54 Å². The van der Waals surface area contributed by atoms with E-state index in [0.29, 0.717) is 0 Å². The summed E-state index contributed by atoms with van der Waals surface area (Å²) in [5.74, 6) is -1.92. The monoisotopic (exact) mass is 307 g/mol. The van der Waals surface area contributed by atoms with E-state index in [-0.39, 0.29) is 13.0 Å². The summed E-state index contributed by atoms with van der Waals surface area (Å²) in [6, 6.07) is 9.31. The van der Waals surface area contributed by atoms with Crippen LogP contribution in [0.5, 0.6) is 0 Å². The summed E-state index contributed by atoms with van der Waals surface area (Å²) >= 11 is 0. The molecule has 1 rings (SSSR count). The van der Waals surface area contributed by atoms with Crippen molar-refractivity contribution in [2.24, 2.45) is 5.92 Å². The maximum absolute atomic E-state index is 12.3. The van der Waals surface area contributed by atoms with Crippen molar-refractivity contribution in [1.29, 1.82) is 0 Å². The van der Waals surface area contributed by atoms with Gasteiger partial charge in [-0.15, -0.1) is 0 Å². The first kappa shape index (κ1) is 18.2. The Bertz CT molecular complexity index is 491. The minimum absolute atomic E-state index is 0.104. The third kappa shape index (κ3) is 6.72. The smallest absolute Gasteiger partial charge is 0.319 e. The maximum atomic E-state index is 12.3. The van der Waals surface area contributed by atoms with Crippen LogP contribution in [0.2, 0.25) is 0 Å². The van der Waals surface area contributed by atoms with E-state index < -0.39 is 29.5 Å². The summed E-state index contributed by atoms with van der Waals surface area (Å²) in [4.78, 5) is 24.6. The summed E-state index contributed by atoms with van der Waals surface area (Å²) in [5, 5.41) is 11.8. The number of esters is 1. The largest absolute Gasteiger partial charge is 0.459 e. The predicted molar refractivity (Wildman–Crippen MR) is 84.2 cm³/mol. The van der Waals surface area contributed by atoms with Crippen LogP contribution < -0.4 is 5.32 Å². The molecular formula is C17H25NO4. The molecule has 0 saturated heterocycles. The number of hydrogen-bond donors (Lipinski definition) is 2. The summed E-state index contributed by atoms with van der Waals surface area (Å²) in [7, 11) is 0. The zero-order valence-electron chi connectivity index (χ0n) is 13.6. The van der Waals surface area contributed by atoms with E-state index in [2.05, 4.69) is 5.32 Å². The molecule has 0 unspecified atom stereocenters. The van der Waals surface area contributed by atoms with Crippen molar-refractivity contribution in [3.63, 3.8) is 0 Å². The fourth-order valence-corrected chi connectivity index (χ4v) is 1.88. The highest BCUT2D eigenvalue weighted by Crippen LogP contribution is 2.16. The maximum Gasteiger partial charge on any atom is 0.319 e. The molecule has 0 bridgehead atoms. The fourth-order valence-electron chi connectivity index (χ4n) is 1.88. The van der Waals surface area contributed by atoms with Gasteiger partial charge in [-0.25, -0.2) is 0 Å². The molecule has 5 heteroatoms. The molecule has 5 nitrogen and oxygen atoms in total. The van der Waals surface area contributed by atoms with Crippen LogP contribution >= 0.6 is 0 Å². The van der Waals surface area contributed by atoms with Crippen LogP contribution in [0, 0.1) is 5.92 Å². The Morgan fingerprint density at radius 3 is 2.32 bits per heavy atom. The van der Waals surface area contributed by atoms with Crippen LogP contribution in [0.3, 0.4) is 0 Å². The molecule has 0 saturated carbocycles. The predicted octanol–water partition coefficient (Wildman–Crippen LogP) is 1.68. The van der Waals surface area contributed by atoms with E-state index in [1.807, 2.05) is 30.3 Å². The normalized spacial score (nSPS) is 14.0. The molecule has 0 fully saturated rings. The Balaban J connectivity index is 2.84. The van der Waals surface area contributed by atoms with Crippen LogP contribution in [0.25, 0.3) is 0 Å². The molecular weight excluding hydrogens is 282 g/mol. The van der Waals surface area contributed by atoms with Gasteiger partial charge in [0, 0.05) is 6.54 Å². The minimum Gasteiger partial charge on any atom is -0.459 e. The van der Waals surface area contributed by atoms with Crippen LogP contribution in [0.1, 0.15) is 33.3 Å². The summed E-state index contributed by atoms with van der Waals surface area (Å²) in [6.45, 7) is 6.96. The van der Waals surface area contributed by atoms with Gasteiger partial charge in [0.15, 0.2) is 0 Å². The van der Waals surface area contributed by atoms with E-state index in [0.717, 1.165) is 5.56 Å². The molecule has 0 radical (unpaired) electrons. The first-order valence-corrected chi connectivity index (χ1v) is 7.41. The molecule has 2 N–H and O–H groups in total. The molecule has 0 aliphatic carbocycles. The lowest BCUT2D eigenvalue weighted by Crippen LogP contribution is -2.42. The fraction of sp³-hybridized carbons (Fsp3) is 0.529. The lowest BCUT2D eigenvalue weighted by molar-refractivity contribution is -0.162. The van der Waals surface area contributed by atoms with Gasteiger partial charge in [0.25, 0.3) is 0 Å². The number of carbonyl (C=O) groups is 2. The van der Waals surface area contributed by atoms with Crippen molar-refractivity contribution < 1.29 is 19.4 Å². The average Bonchev–Trinajstić information content (AvgIpc) is 2.41. The van der Waals surface area contributed by atoms with Crippen LogP contribution in [0.15, 0.2) is 30.3 Å². The number of amides is 1. The molecule has 1 aromatic rings. The quantitative estimate of drug-likeness (QED) is 0.619. The number of aliphatic hydroxyl groups excluding tert-OH is 1. The van der Waals surface area contributed by atoms with E-state index in [1.54, 1.807) is 27.7 Å². The summed E-state index contributed by atoms with van der Waals surface area (Å²) in [5.41, 5.74) is 0.224. The third-order valence-corrected chi connectivity index (χ3v) is 2.86. The average molecular weight is 307 g/mol. The zero-order valence-corrected chi connectivity index (χ0v) is 13.6. The Kier molecular flexibility index (Phi) is 6.56. The number of rotatable bonds is 6. The lowest BCUT2D eigenvalue weighted by Gasteiger charge is -2.24. The molecule has 0 aromatic heterocycles. The highest BCUT2D eigenvalue weighted by molar-refractivity contribution is 5.98. The van der Waals surface area contributed by atoms with Gasteiger partial charge >= 0.3 is 5.97 Å². The van der Waals surface area contributed by atoms with E-state index in [1.165, 1.54) is 0 Å². The van der Waals surface area contributed by atoms with Gasteiger partial charge in [-0.1, -0.05) is 30.3 Å². The van der Waals surface area contributed by atoms with Crippen LogP contribution in [-0.2, 0) is 20.7 Å². The second kappa shape index (κ2) is 7.94. The number of hydrogen-bond acceptors (Lipinski definition) is 4. The van der Waals surface area contributed by atoms with Gasteiger partial charge in [0.2, 0.25) is 5.91 Å². The van der Waals surface area contributed by atoms with Crippen molar-refractivity contribution in [1.82, 2.24) is 5.32 Å². The second-order valence-electron chi connectivity index (χ2n) is 6.37. The molecule has 2 atom stereocenters. The molecule has 0 heterocycles. The van der Waals surface area contributed by atoms with Gasteiger partial charge in [-0.2, -0.15) is 0 Å². The number of nitrogens with one attached hydrogen (secondary N) is 1. The van der Waals surface area contributed by atoms with Crippen molar-refractivity contribution in [3.8, 4) is 0 Å². The highest BCUT2D eigenvalue weighted by atomic mass is 16.6. The Labute approximate surface area is 131 Å². The second-order valence-corrected chi connectivity index (χ2v) is 6.37. The first-order chi connectivity index (χ1) is 10.2. The van der Waals surface area contributed by atoms with Crippen molar-refractivity contribution >= 4 is 11.9 Å². The van der Waals surface area contributed by atoms with Gasteiger partial charge in [-0.3, -0.25) is 9.59 Å². The molecule has 0 aliphatic heterocycles. The lowest BCUT2D eigenvalue weighted by atomic mass is 9.98. The Morgan fingerprint density at radius 2 is 1.82 bits per heavy atom. The number of aliphatic hydroxyl groups is 1. The molecule has 0 spiro atoms. The van der Waals surface area contributed by atoms with E-state index >= 15 is 0 Å². The van der Waals surface area contributed by atoms with Gasteiger partial charge < -0.3 is 15.2 Å². The highest BCUT2D eigenvalue weighted by Gasteiger charge is 2.31. The number of benzene rings is 1. The van der Waals surface area contributed by atoms with Crippen LogP contribution in [0.4, 0.5) is 0 Å². The van der Waals surface area contributed by atoms with Gasteiger partial charge in [0.1, 0.15) is 11.5 Å². The van der Waals surface area contributed by atoms with Crippen molar-refractivity contribution in [2.45, 2.75) is 45.8 Å². The minimum atomic E-state index is -0.930. The number of carbonyl (C=O) groups excluding carboxylic acids is 2. The topological polar surface area (TPSA) is 75.6 Å². The summed E-state index contributed by atoms with van der Waals surface area (Å²) < 4.78 is 5.34. The number of ether oxygens (including phenoxy) is 1. The standard InChI is InChI=1S/C17H25NO4/c1-12(19)11-18-15(20)14(16(21)22-17(2,3)4)10-13-8-6-5-7-9-13/h5-9,12,14,19H,10-11H2,1-4H3,(H,18,20)/t12-,14-/m0/s1. The first-order valence-electron chi connectivity index (χ1n) is 7.41. The summed E-state index contributed by atoms with van der Waals surface area (Å²) in [6.07, 6.45) is -0.401. The molecule has 1 amide bonds. The SMILES string of the molecule is C[C@H](O)CNC(=O)[C@H](Cc1ccccc1)C(=O)OC(C)(C)C. The molecule has 1 aromatic carbocycles. The molecule has 22 heavy (non-hydrogen) atoms. The van der Waals surface area contributed by atoms with Gasteiger partial charge in [-0.05, 0) is 39.7 Å². The van der Waals surface area contributed by atoms with Gasteiger partial charge in [0.05, 0.1) is 6.10 Å². The molecule has 0 aliphatic rings. The third-order valence-electron chi connectivity index (χ3n) is 2.86. The Morgan fingerprint density at radius 1 is 1.23 bits per heavy atom. The zero-order chi connectivity index (χ0) is 16.8. The van der Waals surface area contributed by atoms with Crippen LogP contribution in [-0.4, -0.2) is 35.2 Å².